The lowest BCUT2D eigenvalue weighted by atomic mass is 9.62. The SMILES string of the molecule is COC(=O)[C@@H]1[C@H]2C=C[C@@H]([C@@H]3C[C@H]23)[C@H]1C(=O)OCC(=O)c1ccc(OC)cc1. The molecule has 1 aromatic rings. The van der Waals surface area contributed by atoms with Gasteiger partial charge in [0.2, 0.25) is 0 Å². The van der Waals surface area contributed by atoms with Gasteiger partial charge in [-0.3, -0.25) is 14.4 Å². The number of ether oxygens (including phenoxy) is 3. The summed E-state index contributed by atoms with van der Waals surface area (Å²) in [6.45, 7) is -0.343. The van der Waals surface area contributed by atoms with Crippen LogP contribution in [-0.4, -0.2) is 38.5 Å². The lowest BCUT2D eigenvalue weighted by Crippen LogP contribution is -2.47. The van der Waals surface area contributed by atoms with Crippen LogP contribution in [-0.2, 0) is 19.1 Å². The molecule has 0 radical (unpaired) electrons. The molecule has 4 aliphatic carbocycles. The number of ketones is 1. The predicted molar refractivity (Wildman–Crippen MR) is 95.0 cm³/mol. The Hall–Kier alpha value is -2.63. The second-order valence-electron chi connectivity index (χ2n) is 7.44. The molecule has 0 spiro atoms. The lowest BCUT2D eigenvalue weighted by Gasteiger charge is -2.41. The Morgan fingerprint density at radius 3 is 2.07 bits per heavy atom. The molecule has 0 unspecified atom stereocenters. The van der Waals surface area contributed by atoms with Crippen LogP contribution in [0.4, 0.5) is 0 Å². The van der Waals surface area contributed by atoms with E-state index in [0.717, 1.165) is 6.42 Å². The maximum atomic E-state index is 12.8. The third-order valence-corrected chi connectivity index (χ3v) is 6.15. The fourth-order valence-electron chi connectivity index (χ4n) is 4.75. The first kappa shape index (κ1) is 17.8. The molecule has 2 saturated carbocycles. The molecule has 5 rings (SSSR count). The van der Waals surface area contributed by atoms with Gasteiger partial charge in [-0.25, -0.2) is 0 Å². The topological polar surface area (TPSA) is 78.9 Å². The van der Waals surface area contributed by atoms with Crippen molar-refractivity contribution in [3.63, 3.8) is 0 Å². The first-order chi connectivity index (χ1) is 13.0. The van der Waals surface area contributed by atoms with Gasteiger partial charge in [-0.1, -0.05) is 12.2 Å². The third-order valence-electron chi connectivity index (χ3n) is 6.15. The zero-order valence-corrected chi connectivity index (χ0v) is 15.3. The molecular weight excluding hydrogens is 348 g/mol. The minimum absolute atomic E-state index is 0.00677. The van der Waals surface area contributed by atoms with Crippen LogP contribution in [0.3, 0.4) is 0 Å². The van der Waals surface area contributed by atoms with Crippen LogP contribution >= 0.6 is 0 Å². The monoisotopic (exact) mass is 370 g/mol. The normalized spacial score (nSPS) is 32.4. The number of benzene rings is 1. The highest BCUT2D eigenvalue weighted by Gasteiger charge is 2.63. The van der Waals surface area contributed by atoms with Gasteiger partial charge in [0.25, 0.3) is 0 Å². The van der Waals surface area contributed by atoms with Crippen LogP contribution in [0, 0.1) is 35.5 Å². The van der Waals surface area contributed by atoms with Crippen molar-refractivity contribution in [2.24, 2.45) is 35.5 Å². The third kappa shape index (κ3) is 3.03. The fraction of sp³-hybridized carbons (Fsp3) is 0.476. The number of rotatable bonds is 6. The molecule has 142 valence electrons. The Balaban J connectivity index is 1.44. The Kier molecular flexibility index (Phi) is 4.50. The summed E-state index contributed by atoms with van der Waals surface area (Å²) < 4.78 is 15.4. The Labute approximate surface area is 157 Å². The fourth-order valence-corrected chi connectivity index (χ4v) is 4.75. The maximum absolute atomic E-state index is 12.8. The van der Waals surface area contributed by atoms with E-state index >= 15 is 0 Å². The summed E-state index contributed by atoms with van der Waals surface area (Å²) in [5, 5.41) is 0. The lowest BCUT2D eigenvalue weighted by molar-refractivity contribution is -0.165. The average Bonchev–Trinajstić information content (AvgIpc) is 3.53. The Bertz CT molecular complexity index is 795. The summed E-state index contributed by atoms with van der Waals surface area (Å²) in [6, 6.07) is 6.62. The standard InChI is InChI=1S/C21H22O6/c1-25-12-5-3-11(4-6-12)17(22)10-27-21(24)19-14-8-7-13(15-9-16(14)15)18(19)20(23)26-2/h3-8,13-16,18-19H,9-10H2,1-2H3/t13-,14-,15+,16-,18+,19+/m0/s1. The van der Waals surface area contributed by atoms with Crippen LogP contribution in [0.2, 0.25) is 0 Å². The van der Waals surface area contributed by atoms with E-state index in [1.54, 1.807) is 31.4 Å². The molecule has 0 N–H and O–H groups in total. The molecule has 0 aromatic heterocycles. The minimum Gasteiger partial charge on any atom is -0.497 e. The van der Waals surface area contributed by atoms with Crippen molar-refractivity contribution in [3.8, 4) is 5.75 Å². The molecule has 2 bridgehead atoms. The van der Waals surface area contributed by atoms with E-state index in [1.807, 2.05) is 12.2 Å². The van der Waals surface area contributed by atoms with E-state index in [9.17, 15) is 14.4 Å². The number of fused-ring (bicyclic) bond motifs is 1. The van der Waals surface area contributed by atoms with E-state index in [-0.39, 0.29) is 30.2 Å². The van der Waals surface area contributed by atoms with E-state index in [0.29, 0.717) is 23.1 Å². The van der Waals surface area contributed by atoms with Gasteiger partial charge in [-0.2, -0.15) is 0 Å². The van der Waals surface area contributed by atoms with Crippen molar-refractivity contribution in [2.75, 3.05) is 20.8 Å². The first-order valence-electron chi connectivity index (χ1n) is 9.15. The van der Waals surface area contributed by atoms with Crippen molar-refractivity contribution in [1.82, 2.24) is 0 Å². The molecule has 0 amide bonds. The van der Waals surface area contributed by atoms with Gasteiger partial charge in [-0.05, 0) is 54.4 Å². The number of allylic oxidation sites excluding steroid dienone is 2. The van der Waals surface area contributed by atoms with Crippen molar-refractivity contribution in [3.05, 3.63) is 42.0 Å². The van der Waals surface area contributed by atoms with Crippen LogP contribution in [0.1, 0.15) is 16.8 Å². The molecule has 0 saturated heterocycles. The molecule has 27 heavy (non-hydrogen) atoms. The quantitative estimate of drug-likeness (QED) is 0.434. The number of hydrogen-bond donors (Lipinski definition) is 0. The number of carbonyl (C=O) groups is 3. The summed E-state index contributed by atoms with van der Waals surface area (Å²) in [6.07, 6.45) is 5.12. The molecule has 0 heterocycles. The predicted octanol–water partition coefficient (Wildman–Crippen LogP) is 2.28. The first-order valence-corrected chi connectivity index (χ1v) is 9.15. The summed E-state index contributed by atoms with van der Waals surface area (Å²) in [5.74, 6) is -0.660. The highest BCUT2D eigenvalue weighted by Crippen LogP contribution is 2.63. The van der Waals surface area contributed by atoms with Crippen LogP contribution < -0.4 is 4.74 Å². The van der Waals surface area contributed by atoms with Gasteiger partial charge < -0.3 is 14.2 Å². The highest BCUT2D eigenvalue weighted by atomic mass is 16.5. The Morgan fingerprint density at radius 1 is 0.926 bits per heavy atom. The Morgan fingerprint density at radius 2 is 1.52 bits per heavy atom. The summed E-state index contributed by atoms with van der Waals surface area (Å²) in [4.78, 5) is 37.4. The molecule has 1 aromatic carbocycles. The van der Waals surface area contributed by atoms with Gasteiger partial charge in [0.05, 0.1) is 26.1 Å². The zero-order chi connectivity index (χ0) is 19.1. The number of Topliss-reactive ketones (excluding diaryl/α,β-unsaturated/α-hetero) is 1. The van der Waals surface area contributed by atoms with Gasteiger partial charge in [0.1, 0.15) is 5.75 Å². The van der Waals surface area contributed by atoms with Gasteiger partial charge in [0.15, 0.2) is 12.4 Å². The van der Waals surface area contributed by atoms with Gasteiger partial charge >= 0.3 is 11.9 Å². The second kappa shape index (κ2) is 6.83. The van der Waals surface area contributed by atoms with Crippen molar-refractivity contribution in [1.29, 1.82) is 0 Å². The molecule has 0 aliphatic heterocycles. The zero-order valence-electron chi connectivity index (χ0n) is 15.3. The van der Waals surface area contributed by atoms with E-state index in [4.69, 9.17) is 14.2 Å². The molecular formula is C21H22O6. The smallest absolute Gasteiger partial charge is 0.310 e. The largest absolute Gasteiger partial charge is 0.497 e. The van der Waals surface area contributed by atoms with Crippen LogP contribution in [0.15, 0.2) is 36.4 Å². The van der Waals surface area contributed by atoms with Gasteiger partial charge in [0, 0.05) is 5.56 Å². The van der Waals surface area contributed by atoms with Crippen molar-refractivity contribution >= 4 is 17.7 Å². The number of methoxy groups -OCH3 is 2. The summed E-state index contributed by atoms with van der Waals surface area (Å²) >= 11 is 0. The molecule has 2 fully saturated rings. The molecule has 6 heteroatoms. The minimum atomic E-state index is -0.570. The van der Waals surface area contributed by atoms with Crippen molar-refractivity contribution in [2.45, 2.75) is 6.42 Å². The van der Waals surface area contributed by atoms with Gasteiger partial charge in [-0.15, -0.1) is 0 Å². The van der Waals surface area contributed by atoms with Crippen LogP contribution in [0.25, 0.3) is 0 Å². The van der Waals surface area contributed by atoms with Crippen molar-refractivity contribution < 1.29 is 28.6 Å². The molecule has 4 aliphatic rings. The number of carbonyl (C=O) groups excluding carboxylic acids is 3. The summed E-state index contributed by atoms with van der Waals surface area (Å²) in [7, 11) is 2.89. The van der Waals surface area contributed by atoms with Crippen LogP contribution in [0.5, 0.6) is 5.75 Å². The maximum Gasteiger partial charge on any atom is 0.310 e. The summed E-state index contributed by atoms with van der Waals surface area (Å²) in [5.41, 5.74) is 0.445. The number of hydrogen-bond acceptors (Lipinski definition) is 6. The van der Waals surface area contributed by atoms with E-state index in [2.05, 4.69) is 0 Å². The molecule has 6 atom stereocenters. The van der Waals surface area contributed by atoms with E-state index in [1.165, 1.54) is 7.11 Å². The second-order valence-corrected chi connectivity index (χ2v) is 7.44. The average molecular weight is 370 g/mol. The number of esters is 2. The highest BCUT2D eigenvalue weighted by molar-refractivity contribution is 5.98. The van der Waals surface area contributed by atoms with E-state index < -0.39 is 17.8 Å². The molecule has 6 nitrogen and oxygen atoms in total.